The Morgan fingerprint density at radius 3 is 2.58 bits per heavy atom. The summed E-state index contributed by atoms with van der Waals surface area (Å²) in [6.07, 6.45) is 0. The standard InChI is InChI=1S/C14H22N2O3/c1-14(2,3)19-12-8-6-5-7-11(12)15-13(18)16(4)9-10-17/h5-8,17H,9-10H2,1-4H3,(H,15,18). The van der Waals surface area contributed by atoms with Gasteiger partial charge in [0.1, 0.15) is 11.4 Å². The van der Waals surface area contributed by atoms with Gasteiger partial charge >= 0.3 is 6.03 Å². The Labute approximate surface area is 114 Å². The third-order valence-corrected chi connectivity index (χ3v) is 2.33. The Morgan fingerprint density at radius 1 is 1.37 bits per heavy atom. The molecule has 0 bridgehead atoms. The second-order valence-corrected chi connectivity index (χ2v) is 5.29. The third kappa shape index (κ3) is 5.18. The number of anilines is 1. The Kier molecular flexibility index (Phi) is 5.18. The van der Waals surface area contributed by atoms with E-state index in [1.54, 1.807) is 13.1 Å². The lowest BCUT2D eigenvalue weighted by Gasteiger charge is -2.24. The number of carbonyl (C=O) groups excluding carboxylic acids is 1. The average molecular weight is 266 g/mol. The lowest BCUT2D eigenvalue weighted by atomic mass is 10.2. The van der Waals surface area contributed by atoms with Crippen molar-refractivity contribution in [2.45, 2.75) is 26.4 Å². The van der Waals surface area contributed by atoms with E-state index in [4.69, 9.17) is 9.84 Å². The lowest BCUT2D eigenvalue weighted by molar-refractivity contribution is 0.132. The topological polar surface area (TPSA) is 61.8 Å². The number of aliphatic hydroxyl groups excluding tert-OH is 1. The molecule has 0 aliphatic carbocycles. The van der Waals surface area contributed by atoms with Crippen molar-refractivity contribution >= 4 is 11.7 Å². The molecular formula is C14H22N2O3. The average Bonchev–Trinajstić information content (AvgIpc) is 2.30. The third-order valence-electron chi connectivity index (χ3n) is 2.33. The van der Waals surface area contributed by atoms with E-state index in [1.807, 2.05) is 39.0 Å². The summed E-state index contributed by atoms with van der Waals surface area (Å²) in [4.78, 5) is 13.3. The zero-order valence-corrected chi connectivity index (χ0v) is 11.9. The lowest BCUT2D eigenvalue weighted by Crippen LogP contribution is -2.34. The summed E-state index contributed by atoms with van der Waals surface area (Å²) in [6.45, 7) is 6.06. The number of nitrogens with one attached hydrogen (secondary N) is 1. The molecule has 0 atom stereocenters. The van der Waals surface area contributed by atoms with Crippen molar-refractivity contribution in [1.82, 2.24) is 4.90 Å². The fraction of sp³-hybridized carbons (Fsp3) is 0.500. The van der Waals surface area contributed by atoms with Crippen LogP contribution in [0.25, 0.3) is 0 Å². The van der Waals surface area contributed by atoms with Crippen LogP contribution in [0.15, 0.2) is 24.3 Å². The molecule has 2 N–H and O–H groups in total. The zero-order chi connectivity index (χ0) is 14.5. The van der Waals surface area contributed by atoms with E-state index in [0.29, 0.717) is 11.4 Å². The maximum atomic E-state index is 11.9. The Balaban J connectivity index is 2.81. The van der Waals surface area contributed by atoms with Gasteiger partial charge in [-0.2, -0.15) is 0 Å². The molecule has 0 radical (unpaired) electrons. The summed E-state index contributed by atoms with van der Waals surface area (Å²) in [5.41, 5.74) is 0.282. The minimum absolute atomic E-state index is 0.0654. The number of aliphatic hydroxyl groups is 1. The van der Waals surface area contributed by atoms with Crippen LogP contribution in [0, 0.1) is 0 Å². The molecule has 5 nitrogen and oxygen atoms in total. The van der Waals surface area contributed by atoms with Crippen LogP contribution in [0.4, 0.5) is 10.5 Å². The van der Waals surface area contributed by atoms with Crippen molar-refractivity contribution in [3.05, 3.63) is 24.3 Å². The summed E-state index contributed by atoms with van der Waals surface area (Å²) in [6, 6.07) is 7.00. The first-order valence-corrected chi connectivity index (χ1v) is 6.24. The summed E-state index contributed by atoms with van der Waals surface area (Å²) in [5.74, 6) is 0.626. The van der Waals surface area contributed by atoms with Gasteiger partial charge in [0.2, 0.25) is 0 Å². The molecule has 5 heteroatoms. The normalized spacial score (nSPS) is 11.0. The molecule has 0 saturated carbocycles. The zero-order valence-electron chi connectivity index (χ0n) is 11.9. The molecule has 0 unspecified atom stereocenters. The highest BCUT2D eigenvalue weighted by atomic mass is 16.5. The van der Waals surface area contributed by atoms with Crippen molar-refractivity contribution in [1.29, 1.82) is 0 Å². The van der Waals surface area contributed by atoms with Crippen LogP contribution >= 0.6 is 0 Å². The molecule has 1 rings (SSSR count). The molecule has 19 heavy (non-hydrogen) atoms. The fourth-order valence-corrected chi connectivity index (χ4v) is 1.45. The van der Waals surface area contributed by atoms with Crippen LogP contribution in [-0.2, 0) is 0 Å². The highest BCUT2D eigenvalue weighted by Gasteiger charge is 2.16. The van der Waals surface area contributed by atoms with Gasteiger partial charge in [0.05, 0.1) is 12.3 Å². The minimum atomic E-state index is -0.335. The number of rotatable bonds is 4. The van der Waals surface area contributed by atoms with E-state index in [2.05, 4.69) is 5.32 Å². The summed E-state index contributed by atoms with van der Waals surface area (Å²) in [5, 5.41) is 11.6. The molecule has 0 saturated heterocycles. The smallest absolute Gasteiger partial charge is 0.321 e. The van der Waals surface area contributed by atoms with E-state index in [0.717, 1.165) is 0 Å². The molecule has 0 aliphatic heterocycles. The molecule has 1 aromatic carbocycles. The number of carbonyl (C=O) groups is 1. The van der Waals surface area contributed by atoms with Crippen molar-refractivity contribution < 1.29 is 14.6 Å². The molecule has 0 spiro atoms. The number of hydrogen-bond donors (Lipinski definition) is 2. The maximum absolute atomic E-state index is 11.9. The second kappa shape index (κ2) is 6.43. The monoisotopic (exact) mass is 266 g/mol. The van der Waals surface area contributed by atoms with Crippen molar-refractivity contribution in [2.75, 3.05) is 25.5 Å². The molecule has 2 amide bonds. The van der Waals surface area contributed by atoms with E-state index >= 15 is 0 Å². The fourth-order valence-electron chi connectivity index (χ4n) is 1.45. The highest BCUT2D eigenvalue weighted by molar-refractivity contribution is 5.90. The van der Waals surface area contributed by atoms with Crippen LogP contribution < -0.4 is 10.1 Å². The Hall–Kier alpha value is -1.75. The van der Waals surface area contributed by atoms with Gasteiger partial charge in [-0.3, -0.25) is 0 Å². The molecule has 0 aliphatic rings. The van der Waals surface area contributed by atoms with Crippen LogP contribution in [-0.4, -0.2) is 41.8 Å². The first-order chi connectivity index (χ1) is 8.83. The van der Waals surface area contributed by atoms with Crippen molar-refractivity contribution in [3.8, 4) is 5.75 Å². The van der Waals surface area contributed by atoms with E-state index < -0.39 is 0 Å². The van der Waals surface area contributed by atoms with E-state index in [-0.39, 0.29) is 24.8 Å². The predicted octanol–water partition coefficient (Wildman–Crippen LogP) is 2.32. The molecule has 0 heterocycles. The van der Waals surface area contributed by atoms with Crippen molar-refractivity contribution in [2.24, 2.45) is 0 Å². The molecule has 0 aromatic heterocycles. The first-order valence-electron chi connectivity index (χ1n) is 6.24. The van der Waals surface area contributed by atoms with E-state index in [9.17, 15) is 4.79 Å². The minimum Gasteiger partial charge on any atom is -0.486 e. The first kappa shape index (κ1) is 15.3. The summed E-state index contributed by atoms with van der Waals surface area (Å²) in [7, 11) is 1.62. The van der Waals surface area contributed by atoms with Gasteiger partial charge in [0.25, 0.3) is 0 Å². The number of likely N-dealkylation sites (N-methyl/N-ethyl adjacent to an activating group) is 1. The van der Waals surface area contributed by atoms with Crippen molar-refractivity contribution in [3.63, 3.8) is 0 Å². The molecule has 1 aromatic rings. The van der Waals surface area contributed by atoms with Gasteiger partial charge in [0, 0.05) is 13.6 Å². The molecule has 106 valence electrons. The van der Waals surface area contributed by atoms with Crippen LogP contribution in [0.5, 0.6) is 5.75 Å². The predicted molar refractivity (Wildman–Crippen MR) is 75.6 cm³/mol. The van der Waals surface area contributed by atoms with Gasteiger partial charge in [0.15, 0.2) is 0 Å². The number of nitrogens with zero attached hydrogens (tertiary/aromatic N) is 1. The number of amides is 2. The van der Waals surface area contributed by atoms with Gasteiger partial charge in [-0.15, -0.1) is 0 Å². The second-order valence-electron chi connectivity index (χ2n) is 5.29. The van der Waals surface area contributed by atoms with Crippen LogP contribution in [0.3, 0.4) is 0 Å². The number of para-hydroxylation sites is 2. The Morgan fingerprint density at radius 2 is 2.00 bits per heavy atom. The molecular weight excluding hydrogens is 244 g/mol. The van der Waals surface area contributed by atoms with Crippen LogP contribution in [0.1, 0.15) is 20.8 Å². The van der Waals surface area contributed by atoms with E-state index in [1.165, 1.54) is 4.90 Å². The SMILES string of the molecule is CN(CCO)C(=O)Nc1ccccc1OC(C)(C)C. The maximum Gasteiger partial charge on any atom is 0.321 e. The molecule has 0 fully saturated rings. The highest BCUT2D eigenvalue weighted by Crippen LogP contribution is 2.27. The quantitative estimate of drug-likeness (QED) is 0.879. The van der Waals surface area contributed by atoms with Gasteiger partial charge in [-0.05, 0) is 32.9 Å². The van der Waals surface area contributed by atoms with Gasteiger partial charge in [-0.1, -0.05) is 12.1 Å². The number of ether oxygens (including phenoxy) is 1. The summed E-state index contributed by atoms with van der Waals surface area (Å²) >= 11 is 0. The largest absolute Gasteiger partial charge is 0.486 e. The number of hydrogen-bond acceptors (Lipinski definition) is 3. The van der Waals surface area contributed by atoms with Gasteiger partial charge in [-0.25, -0.2) is 4.79 Å². The summed E-state index contributed by atoms with van der Waals surface area (Å²) < 4.78 is 5.79. The number of urea groups is 1. The van der Waals surface area contributed by atoms with Crippen LogP contribution in [0.2, 0.25) is 0 Å². The van der Waals surface area contributed by atoms with Gasteiger partial charge < -0.3 is 20.1 Å². The Bertz CT molecular complexity index is 427. The number of benzene rings is 1.